The van der Waals surface area contributed by atoms with E-state index in [1.54, 1.807) is 32.8 Å². The van der Waals surface area contributed by atoms with E-state index in [0.29, 0.717) is 36.8 Å². The first-order chi connectivity index (χ1) is 20.2. The SMILES string of the molecule is CN1C(=O)C(C)(C)C(=O)N(C)c2cc(OCCCNCc3ccnc(CCN4CCc5ccccc5C4=O)c3)ccc21. The van der Waals surface area contributed by atoms with Crippen LogP contribution < -0.4 is 19.9 Å². The van der Waals surface area contributed by atoms with Crippen LogP contribution in [0.1, 0.15) is 47.4 Å². The molecule has 1 N–H and O–H groups in total. The van der Waals surface area contributed by atoms with E-state index >= 15 is 0 Å². The number of pyridine rings is 1. The Morgan fingerprint density at radius 2 is 1.71 bits per heavy atom. The van der Waals surface area contributed by atoms with Gasteiger partial charge in [0, 0.05) is 63.7 Å². The van der Waals surface area contributed by atoms with Gasteiger partial charge in [0.2, 0.25) is 11.8 Å². The lowest BCUT2D eigenvalue weighted by Gasteiger charge is -2.28. The van der Waals surface area contributed by atoms with E-state index in [4.69, 9.17) is 4.74 Å². The number of aromatic nitrogens is 1. The molecular weight excluding hydrogens is 530 g/mol. The Kier molecular flexibility index (Phi) is 8.59. The Hall–Kier alpha value is -4.24. The standard InChI is InChI=1S/C33H39N5O4/c1-33(2)31(40)36(3)28-11-10-26(21-29(28)37(4)32(33)41)42-19-7-15-34-22-23-12-16-35-25(20-23)14-18-38-17-13-24-8-5-6-9-27(24)30(38)39/h5-6,8-12,16,20-21,34H,7,13-15,17-19,22H2,1-4H3. The second kappa shape index (κ2) is 12.3. The van der Waals surface area contributed by atoms with Crippen LogP contribution in [-0.2, 0) is 29.0 Å². The van der Waals surface area contributed by atoms with Gasteiger partial charge >= 0.3 is 0 Å². The zero-order chi connectivity index (χ0) is 29.9. The molecule has 2 aliphatic heterocycles. The molecule has 2 aliphatic rings. The van der Waals surface area contributed by atoms with Gasteiger partial charge in [0.25, 0.3) is 5.91 Å². The lowest BCUT2D eigenvalue weighted by atomic mass is 9.90. The van der Waals surface area contributed by atoms with E-state index < -0.39 is 5.41 Å². The number of ether oxygens (including phenoxy) is 1. The van der Waals surface area contributed by atoms with E-state index in [9.17, 15) is 14.4 Å². The molecular formula is C33H39N5O4. The summed E-state index contributed by atoms with van der Waals surface area (Å²) in [6, 6.07) is 17.4. The molecule has 9 heteroatoms. The van der Waals surface area contributed by atoms with Crippen molar-refractivity contribution in [1.29, 1.82) is 0 Å². The third-order valence-electron chi connectivity index (χ3n) is 8.15. The van der Waals surface area contributed by atoms with Crippen molar-refractivity contribution in [2.75, 3.05) is 50.1 Å². The number of rotatable bonds is 10. The Bertz CT molecular complexity index is 1490. The quantitative estimate of drug-likeness (QED) is 0.295. The fourth-order valence-corrected chi connectivity index (χ4v) is 5.63. The van der Waals surface area contributed by atoms with Gasteiger partial charge in [-0.15, -0.1) is 0 Å². The lowest BCUT2D eigenvalue weighted by molar-refractivity contribution is -0.137. The number of carbonyl (C=O) groups excluding carboxylic acids is 3. The lowest BCUT2D eigenvalue weighted by Crippen LogP contribution is -2.46. The number of amides is 3. The van der Waals surface area contributed by atoms with Crippen molar-refractivity contribution in [3.05, 3.63) is 83.2 Å². The minimum atomic E-state index is -1.13. The Morgan fingerprint density at radius 1 is 0.952 bits per heavy atom. The number of benzene rings is 2. The summed E-state index contributed by atoms with van der Waals surface area (Å²) in [5.41, 5.74) is 4.27. The molecule has 0 saturated heterocycles. The van der Waals surface area contributed by atoms with Crippen molar-refractivity contribution in [1.82, 2.24) is 15.2 Å². The maximum absolute atomic E-state index is 12.9. The molecule has 0 fully saturated rings. The summed E-state index contributed by atoms with van der Waals surface area (Å²) in [6.07, 6.45) is 4.24. The van der Waals surface area contributed by atoms with E-state index in [2.05, 4.69) is 16.4 Å². The first-order valence-corrected chi connectivity index (χ1v) is 14.5. The molecule has 0 atom stereocenters. The van der Waals surface area contributed by atoms with Gasteiger partial charge < -0.3 is 24.8 Å². The summed E-state index contributed by atoms with van der Waals surface area (Å²) in [7, 11) is 3.39. The second-order valence-corrected chi connectivity index (χ2v) is 11.5. The zero-order valence-electron chi connectivity index (χ0n) is 24.9. The Morgan fingerprint density at radius 3 is 2.52 bits per heavy atom. The van der Waals surface area contributed by atoms with Crippen molar-refractivity contribution in [3.8, 4) is 5.75 Å². The summed E-state index contributed by atoms with van der Waals surface area (Å²) < 4.78 is 5.98. The highest BCUT2D eigenvalue weighted by atomic mass is 16.5. The van der Waals surface area contributed by atoms with Crippen molar-refractivity contribution in [3.63, 3.8) is 0 Å². The normalized spacial score (nSPS) is 16.3. The van der Waals surface area contributed by atoms with Crippen LogP contribution in [0.5, 0.6) is 5.75 Å². The fraction of sp³-hybridized carbons (Fsp3) is 0.394. The molecule has 0 spiro atoms. The molecule has 2 aromatic carbocycles. The van der Waals surface area contributed by atoms with Gasteiger partial charge in [-0.2, -0.15) is 0 Å². The van der Waals surface area contributed by atoms with Crippen LogP contribution in [0.15, 0.2) is 60.8 Å². The summed E-state index contributed by atoms with van der Waals surface area (Å²) in [5.74, 6) is 0.282. The van der Waals surface area contributed by atoms with Crippen LogP contribution in [-0.4, -0.2) is 67.9 Å². The smallest absolute Gasteiger partial charge is 0.254 e. The first-order valence-electron chi connectivity index (χ1n) is 14.5. The van der Waals surface area contributed by atoms with Crippen LogP contribution in [0.3, 0.4) is 0 Å². The molecule has 5 rings (SSSR count). The zero-order valence-corrected chi connectivity index (χ0v) is 24.9. The molecule has 0 radical (unpaired) electrons. The number of hydrogen-bond acceptors (Lipinski definition) is 6. The van der Waals surface area contributed by atoms with Gasteiger partial charge in [0.1, 0.15) is 11.2 Å². The number of fused-ring (bicyclic) bond motifs is 2. The number of nitrogens with one attached hydrogen (secondary N) is 1. The highest BCUT2D eigenvalue weighted by Gasteiger charge is 2.44. The maximum Gasteiger partial charge on any atom is 0.254 e. The van der Waals surface area contributed by atoms with Gasteiger partial charge in [0.15, 0.2) is 0 Å². The average Bonchev–Trinajstić information content (AvgIpc) is 3.04. The molecule has 3 amide bonds. The molecule has 3 heterocycles. The van der Waals surface area contributed by atoms with Gasteiger partial charge in [-0.25, -0.2) is 0 Å². The number of carbonyl (C=O) groups is 3. The summed E-state index contributed by atoms with van der Waals surface area (Å²) in [5, 5.41) is 3.46. The summed E-state index contributed by atoms with van der Waals surface area (Å²) in [4.78, 5) is 48.1. The molecule has 0 saturated carbocycles. The predicted octanol–water partition coefficient (Wildman–Crippen LogP) is 3.85. The third-order valence-corrected chi connectivity index (χ3v) is 8.15. The van der Waals surface area contributed by atoms with Crippen LogP contribution in [0.2, 0.25) is 0 Å². The van der Waals surface area contributed by atoms with Gasteiger partial charge in [-0.1, -0.05) is 18.2 Å². The Balaban J connectivity index is 1.07. The molecule has 0 aliphatic carbocycles. The summed E-state index contributed by atoms with van der Waals surface area (Å²) in [6.45, 7) is 6.72. The molecule has 220 valence electrons. The molecule has 0 bridgehead atoms. The molecule has 3 aromatic rings. The minimum absolute atomic E-state index is 0.106. The van der Waals surface area contributed by atoms with Gasteiger partial charge in [-0.3, -0.25) is 19.4 Å². The molecule has 1 aromatic heterocycles. The van der Waals surface area contributed by atoms with Crippen LogP contribution in [0, 0.1) is 5.41 Å². The molecule has 9 nitrogen and oxygen atoms in total. The van der Waals surface area contributed by atoms with Crippen LogP contribution in [0.25, 0.3) is 0 Å². The van der Waals surface area contributed by atoms with Crippen LogP contribution >= 0.6 is 0 Å². The predicted molar refractivity (Wildman–Crippen MR) is 163 cm³/mol. The van der Waals surface area contributed by atoms with E-state index in [1.807, 2.05) is 59.6 Å². The molecule has 42 heavy (non-hydrogen) atoms. The van der Waals surface area contributed by atoms with Crippen molar-refractivity contribution < 1.29 is 19.1 Å². The average molecular weight is 570 g/mol. The summed E-state index contributed by atoms with van der Waals surface area (Å²) >= 11 is 0. The van der Waals surface area contributed by atoms with E-state index in [1.165, 1.54) is 4.90 Å². The number of nitrogens with zero attached hydrogens (tertiary/aromatic N) is 4. The fourth-order valence-electron chi connectivity index (χ4n) is 5.63. The maximum atomic E-state index is 12.9. The van der Waals surface area contributed by atoms with Crippen molar-refractivity contribution in [2.24, 2.45) is 5.41 Å². The minimum Gasteiger partial charge on any atom is -0.493 e. The van der Waals surface area contributed by atoms with E-state index in [-0.39, 0.29) is 17.7 Å². The monoisotopic (exact) mass is 569 g/mol. The van der Waals surface area contributed by atoms with Crippen molar-refractivity contribution in [2.45, 2.75) is 39.7 Å². The largest absolute Gasteiger partial charge is 0.493 e. The third kappa shape index (κ3) is 6.01. The Labute approximate surface area is 247 Å². The first kappa shape index (κ1) is 29.3. The van der Waals surface area contributed by atoms with Gasteiger partial charge in [-0.05, 0) is 74.7 Å². The number of hydrogen-bond donors (Lipinski definition) is 1. The van der Waals surface area contributed by atoms with E-state index in [0.717, 1.165) is 54.7 Å². The molecule has 0 unspecified atom stereocenters. The van der Waals surface area contributed by atoms with Crippen molar-refractivity contribution >= 4 is 29.1 Å². The number of anilines is 2. The van der Waals surface area contributed by atoms with Crippen LogP contribution in [0.4, 0.5) is 11.4 Å². The second-order valence-electron chi connectivity index (χ2n) is 11.5. The highest BCUT2D eigenvalue weighted by Crippen LogP contribution is 2.39. The topological polar surface area (TPSA) is 95.1 Å². The highest BCUT2D eigenvalue weighted by molar-refractivity contribution is 6.19. The van der Waals surface area contributed by atoms with Gasteiger partial charge in [0.05, 0.1) is 18.0 Å².